The van der Waals surface area contributed by atoms with Crippen LogP contribution in [-0.2, 0) is 0 Å². The topological polar surface area (TPSA) is 61.9 Å². The molecule has 0 atom stereocenters. The zero-order chi connectivity index (χ0) is 36.2. The van der Waals surface area contributed by atoms with Gasteiger partial charge in [0.05, 0.1) is 22.1 Å². The molecule has 0 saturated heterocycles. The van der Waals surface area contributed by atoms with Crippen molar-refractivity contribution in [1.29, 1.82) is 0 Å². The van der Waals surface area contributed by atoms with E-state index in [1.165, 1.54) is 32.6 Å². The molecular weight excluding hydrogens is 657 g/mol. The van der Waals surface area contributed by atoms with Crippen LogP contribution in [0.15, 0.2) is 182 Å². The van der Waals surface area contributed by atoms with Crippen molar-refractivity contribution >= 4 is 67.1 Å². The van der Waals surface area contributed by atoms with Crippen LogP contribution >= 0.6 is 0 Å². The number of nitrogens with zero attached hydrogens (tertiary/aromatic N) is 2. The van der Waals surface area contributed by atoms with Crippen LogP contribution in [-0.4, -0.2) is 9.13 Å². The smallest absolute Gasteiger partial charge is 0.0541 e. The van der Waals surface area contributed by atoms with E-state index in [0.717, 1.165) is 67.2 Å². The summed E-state index contributed by atoms with van der Waals surface area (Å²) in [6.45, 7) is 0. The molecule has 0 spiro atoms. The summed E-state index contributed by atoms with van der Waals surface area (Å²) in [5.41, 5.74) is 27.9. The van der Waals surface area contributed by atoms with Crippen LogP contribution in [0.2, 0.25) is 0 Å². The van der Waals surface area contributed by atoms with E-state index < -0.39 is 0 Å². The second kappa shape index (κ2) is 12.7. The Morgan fingerprint density at radius 1 is 0.370 bits per heavy atom. The van der Waals surface area contributed by atoms with Crippen LogP contribution < -0.4 is 11.5 Å². The predicted octanol–water partition coefficient (Wildman–Crippen LogP) is 12.5. The van der Waals surface area contributed by atoms with Gasteiger partial charge in [0.2, 0.25) is 0 Å². The molecule has 4 heteroatoms. The van der Waals surface area contributed by atoms with Crippen molar-refractivity contribution in [2.45, 2.75) is 0 Å². The van der Waals surface area contributed by atoms with Gasteiger partial charge in [-0.25, -0.2) is 0 Å². The second-order valence-corrected chi connectivity index (χ2v) is 13.8. The molecule has 256 valence electrons. The number of benzene rings is 8. The van der Waals surface area contributed by atoms with Crippen LogP contribution in [0.5, 0.6) is 0 Å². The largest absolute Gasteiger partial charge is 0.399 e. The van der Waals surface area contributed by atoms with Crippen LogP contribution in [0.4, 0.5) is 11.4 Å². The number of hydrogen-bond acceptors (Lipinski definition) is 2. The Bertz CT molecular complexity index is 3040. The third-order valence-corrected chi connectivity index (χ3v) is 10.6. The number of anilines is 2. The minimum absolute atomic E-state index is 0.729. The summed E-state index contributed by atoms with van der Waals surface area (Å²) in [6.07, 6.45) is 4.34. The highest BCUT2D eigenvalue weighted by molar-refractivity contribution is 6.13. The predicted molar refractivity (Wildman–Crippen MR) is 230 cm³/mol. The molecule has 10 aromatic rings. The lowest BCUT2D eigenvalue weighted by atomic mass is 9.87. The normalized spacial score (nSPS) is 11.8. The molecule has 8 aromatic carbocycles. The van der Waals surface area contributed by atoms with E-state index in [1.807, 2.05) is 30.3 Å². The SMILES string of the molecule is Nc1ccc(C=Cc2ccc(N)c(-c3ccc4c(c3)c3ccccc3n4-c3ccccc3)c2-c2ccc3c(c2)c2ccccc2n3-c2ccccc2)cc1. The van der Waals surface area contributed by atoms with Crippen molar-refractivity contribution in [3.05, 3.63) is 193 Å². The molecular formula is C50H36N4. The fraction of sp³-hybridized carbons (Fsp3) is 0. The Morgan fingerprint density at radius 2 is 0.852 bits per heavy atom. The van der Waals surface area contributed by atoms with Crippen molar-refractivity contribution < 1.29 is 0 Å². The standard InChI is InChI=1S/C50H36N4/c51-37-26-20-33(21-27-37)19-22-34-23-28-44(52)50(36-25-30-48-43(32-36)41-16-8-10-18-46(41)54(48)39-13-5-2-6-14-39)49(34)35-24-29-47-42(31-35)40-15-7-9-17-45(40)53(47)38-11-3-1-4-12-38/h1-32H,51-52H2. The highest BCUT2D eigenvalue weighted by Crippen LogP contribution is 2.44. The lowest BCUT2D eigenvalue weighted by Gasteiger charge is -2.18. The van der Waals surface area contributed by atoms with E-state index in [-0.39, 0.29) is 0 Å². The molecule has 0 aliphatic carbocycles. The first-order valence-electron chi connectivity index (χ1n) is 18.3. The van der Waals surface area contributed by atoms with Gasteiger partial charge in [-0.15, -0.1) is 0 Å². The van der Waals surface area contributed by atoms with E-state index in [1.54, 1.807) is 0 Å². The van der Waals surface area contributed by atoms with E-state index in [0.29, 0.717) is 0 Å². The van der Waals surface area contributed by atoms with Gasteiger partial charge in [0.1, 0.15) is 0 Å². The molecule has 0 bridgehead atoms. The molecule has 10 rings (SSSR count). The molecule has 0 fully saturated rings. The quantitative estimate of drug-likeness (QED) is 0.135. The molecule has 2 aromatic heterocycles. The molecule has 0 aliphatic rings. The maximum Gasteiger partial charge on any atom is 0.0541 e. The van der Waals surface area contributed by atoms with Gasteiger partial charge in [-0.3, -0.25) is 0 Å². The summed E-state index contributed by atoms with van der Waals surface area (Å²) < 4.78 is 4.70. The van der Waals surface area contributed by atoms with E-state index >= 15 is 0 Å². The second-order valence-electron chi connectivity index (χ2n) is 13.8. The summed E-state index contributed by atoms with van der Waals surface area (Å²) in [5.74, 6) is 0. The van der Waals surface area contributed by atoms with Gasteiger partial charge in [-0.05, 0) is 107 Å². The average Bonchev–Trinajstić information content (AvgIpc) is 3.73. The van der Waals surface area contributed by atoms with E-state index in [2.05, 4.69) is 173 Å². The van der Waals surface area contributed by atoms with Crippen LogP contribution in [0, 0.1) is 0 Å². The minimum atomic E-state index is 0.729. The molecule has 4 nitrogen and oxygen atoms in total. The zero-order valence-electron chi connectivity index (χ0n) is 29.5. The Hall–Kier alpha value is -7.30. The van der Waals surface area contributed by atoms with Gasteiger partial charge < -0.3 is 20.6 Å². The van der Waals surface area contributed by atoms with Crippen LogP contribution in [0.3, 0.4) is 0 Å². The molecule has 0 unspecified atom stereocenters. The number of hydrogen-bond donors (Lipinski definition) is 2. The first-order chi connectivity index (χ1) is 26.6. The average molecular weight is 693 g/mol. The third kappa shape index (κ3) is 5.15. The fourth-order valence-electron chi connectivity index (χ4n) is 8.16. The van der Waals surface area contributed by atoms with Crippen molar-refractivity contribution in [3.63, 3.8) is 0 Å². The maximum absolute atomic E-state index is 7.07. The molecule has 54 heavy (non-hydrogen) atoms. The summed E-state index contributed by atoms with van der Waals surface area (Å²) in [6, 6.07) is 64.3. The molecule has 0 saturated carbocycles. The van der Waals surface area contributed by atoms with Gasteiger partial charge in [0.15, 0.2) is 0 Å². The van der Waals surface area contributed by atoms with Gasteiger partial charge in [-0.2, -0.15) is 0 Å². The Morgan fingerprint density at radius 3 is 1.41 bits per heavy atom. The Labute approximate surface area is 313 Å². The number of rotatable bonds is 6. The highest BCUT2D eigenvalue weighted by atomic mass is 15.0. The minimum Gasteiger partial charge on any atom is -0.399 e. The highest BCUT2D eigenvalue weighted by Gasteiger charge is 2.20. The number of nitrogens with two attached hydrogens (primary N) is 2. The molecule has 0 radical (unpaired) electrons. The molecule has 4 N–H and O–H groups in total. The lowest BCUT2D eigenvalue weighted by molar-refractivity contribution is 1.18. The van der Waals surface area contributed by atoms with Crippen molar-refractivity contribution in [2.24, 2.45) is 0 Å². The van der Waals surface area contributed by atoms with Crippen LogP contribution in [0.25, 0.3) is 89.4 Å². The molecule has 0 aliphatic heterocycles. The van der Waals surface area contributed by atoms with Crippen molar-refractivity contribution in [1.82, 2.24) is 9.13 Å². The summed E-state index contributed by atoms with van der Waals surface area (Å²) >= 11 is 0. The number of para-hydroxylation sites is 4. The summed E-state index contributed by atoms with van der Waals surface area (Å²) in [7, 11) is 0. The first kappa shape index (κ1) is 31.4. The van der Waals surface area contributed by atoms with E-state index in [9.17, 15) is 0 Å². The van der Waals surface area contributed by atoms with Gasteiger partial charge in [0, 0.05) is 49.9 Å². The zero-order valence-corrected chi connectivity index (χ0v) is 29.5. The van der Waals surface area contributed by atoms with Gasteiger partial charge in [-0.1, -0.05) is 115 Å². The lowest BCUT2D eigenvalue weighted by Crippen LogP contribution is -1.97. The Balaban J connectivity index is 1.24. The summed E-state index contributed by atoms with van der Waals surface area (Å²) in [5, 5.41) is 4.78. The van der Waals surface area contributed by atoms with Crippen molar-refractivity contribution in [3.8, 4) is 33.6 Å². The molecule has 0 amide bonds. The Kier molecular flexibility index (Phi) is 7.41. The van der Waals surface area contributed by atoms with E-state index in [4.69, 9.17) is 11.5 Å². The van der Waals surface area contributed by atoms with Crippen molar-refractivity contribution in [2.75, 3.05) is 11.5 Å². The van der Waals surface area contributed by atoms with Gasteiger partial charge >= 0.3 is 0 Å². The number of aromatic nitrogens is 2. The molecule has 2 heterocycles. The van der Waals surface area contributed by atoms with Gasteiger partial charge in [0.25, 0.3) is 0 Å². The summed E-state index contributed by atoms with van der Waals surface area (Å²) in [4.78, 5) is 0. The fourth-order valence-corrected chi connectivity index (χ4v) is 8.16. The third-order valence-electron chi connectivity index (χ3n) is 10.6. The monoisotopic (exact) mass is 692 g/mol. The number of nitrogen functional groups attached to an aromatic ring is 2. The van der Waals surface area contributed by atoms with Crippen LogP contribution in [0.1, 0.15) is 11.1 Å². The maximum atomic E-state index is 7.07. The number of fused-ring (bicyclic) bond motifs is 6. The first-order valence-corrected chi connectivity index (χ1v) is 18.3.